The van der Waals surface area contributed by atoms with Gasteiger partial charge in [-0.05, 0) is 17.3 Å². The van der Waals surface area contributed by atoms with Crippen molar-refractivity contribution in [3.05, 3.63) is 28.1 Å². The molecule has 0 unspecified atom stereocenters. The molecule has 98 valence electrons. The van der Waals surface area contributed by atoms with E-state index in [-0.39, 0.29) is 21.8 Å². The number of benzene rings is 1. The maximum atomic E-state index is 13.1. The Morgan fingerprint density at radius 2 is 2.05 bits per heavy atom. The van der Waals surface area contributed by atoms with Crippen LogP contribution < -0.4 is 0 Å². The van der Waals surface area contributed by atoms with E-state index < -0.39 is 11.7 Å². The van der Waals surface area contributed by atoms with E-state index in [1.165, 1.54) is 17.4 Å². The van der Waals surface area contributed by atoms with Crippen molar-refractivity contribution in [1.29, 1.82) is 0 Å². The van der Waals surface area contributed by atoms with Gasteiger partial charge in [0, 0.05) is 21.0 Å². The molecule has 0 fully saturated rings. The molecule has 3 rings (SSSR count). The third-order valence-electron chi connectivity index (χ3n) is 2.56. The van der Waals surface area contributed by atoms with Gasteiger partial charge in [0.25, 0.3) is 0 Å². The van der Waals surface area contributed by atoms with Gasteiger partial charge in [-0.25, -0.2) is 0 Å². The van der Waals surface area contributed by atoms with Gasteiger partial charge in [-0.2, -0.15) is 18.4 Å². The molecule has 4 nitrogen and oxygen atoms in total. The van der Waals surface area contributed by atoms with Gasteiger partial charge in [0.05, 0.1) is 10.6 Å². The standard InChI is InChI=1S/C10H4ClF3N4S/c11-5-1-2-6-7(8(5)10(12,13)14)4(3-19-6)9-15-17-18-16-9/h1-3H,(H,15,16,17,18). The number of aromatic amines is 1. The highest BCUT2D eigenvalue weighted by molar-refractivity contribution is 7.17. The van der Waals surface area contributed by atoms with Gasteiger partial charge in [-0.1, -0.05) is 11.6 Å². The Bertz CT molecular complexity index is 735. The van der Waals surface area contributed by atoms with Crippen LogP contribution in [0.25, 0.3) is 21.5 Å². The van der Waals surface area contributed by atoms with E-state index in [1.54, 1.807) is 11.4 Å². The second-order valence-electron chi connectivity index (χ2n) is 3.68. The molecule has 1 N–H and O–H groups in total. The van der Waals surface area contributed by atoms with Crippen LogP contribution in [-0.2, 0) is 6.18 Å². The van der Waals surface area contributed by atoms with Crippen LogP contribution in [0.4, 0.5) is 13.2 Å². The zero-order valence-corrected chi connectivity index (χ0v) is 10.6. The summed E-state index contributed by atoms with van der Waals surface area (Å²) < 4.78 is 39.9. The molecule has 1 aromatic carbocycles. The number of nitrogens with zero attached hydrogens (tertiary/aromatic N) is 3. The molecule has 0 aliphatic carbocycles. The highest BCUT2D eigenvalue weighted by Crippen LogP contribution is 2.44. The Kier molecular flexibility index (Phi) is 2.72. The Labute approximate surface area is 113 Å². The van der Waals surface area contributed by atoms with Crippen molar-refractivity contribution in [2.24, 2.45) is 0 Å². The lowest BCUT2D eigenvalue weighted by molar-refractivity contribution is -0.136. The molecule has 0 spiro atoms. The number of fused-ring (bicyclic) bond motifs is 1. The summed E-state index contributed by atoms with van der Waals surface area (Å²) in [5.41, 5.74) is -0.601. The quantitative estimate of drug-likeness (QED) is 0.745. The first-order valence-corrected chi connectivity index (χ1v) is 6.25. The van der Waals surface area contributed by atoms with Gasteiger partial charge in [0.2, 0.25) is 5.82 Å². The first-order chi connectivity index (χ1) is 8.98. The van der Waals surface area contributed by atoms with Crippen molar-refractivity contribution in [2.45, 2.75) is 6.18 Å². The molecule has 0 saturated heterocycles. The van der Waals surface area contributed by atoms with E-state index in [0.717, 1.165) is 0 Å². The third kappa shape index (κ3) is 1.96. The Morgan fingerprint density at radius 3 is 2.68 bits per heavy atom. The number of hydrogen-bond acceptors (Lipinski definition) is 4. The normalized spacial score (nSPS) is 12.2. The summed E-state index contributed by atoms with van der Waals surface area (Å²) in [6.45, 7) is 0. The summed E-state index contributed by atoms with van der Waals surface area (Å²) in [4.78, 5) is 0. The molecule has 19 heavy (non-hydrogen) atoms. The smallest absolute Gasteiger partial charge is 0.177 e. The van der Waals surface area contributed by atoms with E-state index in [1.807, 2.05) is 0 Å². The SMILES string of the molecule is FC(F)(F)c1c(Cl)ccc2scc(-c3nn[nH]n3)c12. The molecule has 0 atom stereocenters. The highest BCUT2D eigenvalue weighted by Gasteiger charge is 2.37. The molecular weight excluding hydrogens is 301 g/mol. The van der Waals surface area contributed by atoms with Gasteiger partial charge in [0.15, 0.2) is 0 Å². The summed E-state index contributed by atoms with van der Waals surface area (Å²) in [5, 5.41) is 14.2. The average Bonchev–Trinajstić information content (AvgIpc) is 2.93. The van der Waals surface area contributed by atoms with Crippen molar-refractivity contribution in [3.63, 3.8) is 0 Å². The monoisotopic (exact) mass is 304 g/mol. The van der Waals surface area contributed by atoms with E-state index in [0.29, 0.717) is 4.70 Å². The fraction of sp³-hybridized carbons (Fsp3) is 0.100. The molecule has 9 heteroatoms. The zero-order valence-electron chi connectivity index (χ0n) is 8.99. The van der Waals surface area contributed by atoms with Crippen LogP contribution in [0.3, 0.4) is 0 Å². The predicted octanol–water partition coefficient (Wildman–Crippen LogP) is 3.75. The third-order valence-corrected chi connectivity index (χ3v) is 3.82. The number of nitrogens with one attached hydrogen (secondary N) is 1. The average molecular weight is 305 g/mol. The van der Waals surface area contributed by atoms with Crippen LogP contribution in [0, 0.1) is 0 Å². The number of H-pyrrole nitrogens is 1. The second-order valence-corrected chi connectivity index (χ2v) is 5.00. The molecule has 0 amide bonds. The molecule has 0 bridgehead atoms. The van der Waals surface area contributed by atoms with Gasteiger partial charge < -0.3 is 0 Å². The molecule has 0 radical (unpaired) electrons. The molecule has 2 heterocycles. The summed E-state index contributed by atoms with van der Waals surface area (Å²) >= 11 is 6.87. The number of aromatic nitrogens is 4. The van der Waals surface area contributed by atoms with Crippen molar-refractivity contribution in [2.75, 3.05) is 0 Å². The minimum Gasteiger partial charge on any atom is -0.177 e. The lowest BCUT2D eigenvalue weighted by Gasteiger charge is -2.11. The Balaban J connectivity index is 2.41. The topological polar surface area (TPSA) is 54.5 Å². The summed E-state index contributed by atoms with van der Waals surface area (Å²) in [7, 11) is 0. The largest absolute Gasteiger partial charge is 0.418 e. The second kappa shape index (κ2) is 4.17. The molecule has 0 aliphatic rings. The van der Waals surface area contributed by atoms with E-state index in [2.05, 4.69) is 20.6 Å². The number of rotatable bonds is 1. The van der Waals surface area contributed by atoms with E-state index in [9.17, 15) is 13.2 Å². The van der Waals surface area contributed by atoms with Crippen molar-refractivity contribution in [1.82, 2.24) is 20.6 Å². The van der Waals surface area contributed by atoms with Crippen LogP contribution in [0.2, 0.25) is 5.02 Å². The maximum absolute atomic E-state index is 13.1. The Morgan fingerprint density at radius 1 is 1.26 bits per heavy atom. The fourth-order valence-corrected chi connectivity index (χ4v) is 3.03. The minimum atomic E-state index is -4.55. The number of alkyl halides is 3. The lowest BCUT2D eigenvalue weighted by Crippen LogP contribution is -2.06. The summed E-state index contributed by atoms with van der Waals surface area (Å²) in [6.07, 6.45) is -4.55. The highest BCUT2D eigenvalue weighted by atomic mass is 35.5. The zero-order chi connectivity index (χ0) is 13.6. The van der Waals surface area contributed by atoms with Crippen LogP contribution in [0.5, 0.6) is 0 Å². The fourth-order valence-electron chi connectivity index (χ4n) is 1.82. The van der Waals surface area contributed by atoms with Gasteiger partial charge in [-0.15, -0.1) is 21.5 Å². The summed E-state index contributed by atoms with van der Waals surface area (Å²) in [6, 6.07) is 2.78. The molecule has 3 aromatic rings. The van der Waals surface area contributed by atoms with Gasteiger partial charge in [-0.3, -0.25) is 0 Å². The molecule has 2 aromatic heterocycles. The van der Waals surface area contributed by atoms with E-state index in [4.69, 9.17) is 11.6 Å². The number of hydrogen-bond donors (Lipinski definition) is 1. The maximum Gasteiger partial charge on any atom is 0.418 e. The number of halogens is 4. The molecule has 0 saturated carbocycles. The van der Waals surface area contributed by atoms with Crippen molar-refractivity contribution in [3.8, 4) is 11.4 Å². The predicted molar refractivity (Wildman–Crippen MR) is 65.0 cm³/mol. The molecule has 0 aliphatic heterocycles. The Hall–Kier alpha value is -1.67. The van der Waals surface area contributed by atoms with Crippen molar-refractivity contribution >= 4 is 33.0 Å². The first kappa shape index (κ1) is 12.4. The van der Waals surface area contributed by atoms with Gasteiger partial charge >= 0.3 is 6.18 Å². The molecular formula is C10H4ClF3N4S. The van der Waals surface area contributed by atoms with Crippen LogP contribution in [0.15, 0.2) is 17.5 Å². The van der Waals surface area contributed by atoms with E-state index >= 15 is 0 Å². The van der Waals surface area contributed by atoms with Crippen LogP contribution >= 0.6 is 22.9 Å². The minimum absolute atomic E-state index is 0.00593. The number of tetrazole rings is 1. The first-order valence-electron chi connectivity index (χ1n) is 4.99. The van der Waals surface area contributed by atoms with Gasteiger partial charge in [0.1, 0.15) is 0 Å². The van der Waals surface area contributed by atoms with Crippen molar-refractivity contribution < 1.29 is 13.2 Å². The number of thiophene rings is 1. The summed E-state index contributed by atoms with van der Waals surface area (Å²) in [5.74, 6) is 0.110. The van der Waals surface area contributed by atoms with Crippen LogP contribution in [-0.4, -0.2) is 20.6 Å². The van der Waals surface area contributed by atoms with Crippen LogP contribution in [0.1, 0.15) is 5.56 Å². The lowest BCUT2D eigenvalue weighted by atomic mass is 10.1.